The Morgan fingerprint density at radius 1 is 1.00 bits per heavy atom. The molecule has 28 heavy (non-hydrogen) atoms. The van der Waals surface area contributed by atoms with Gasteiger partial charge in [0.25, 0.3) is 0 Å². The number of aliphatic imine (C=N–C) groups is 1. The molecular weight excluding hydrogens is 354 g/mol. The first kappa shape index (κ1) is 19.9. The van der Waals surface area contributed by atoms with Gasteiger partial charge in [0.2, 0.25) is 5.75 Å². The van der Waals surface area contributed by atoms with Crippen LogP contribution in [-0.2, 0) is 6.42 Å². The zero-order valence-electron chi connectivity index (χ0n) is 17.0. The van der Waals surface area contributed by atoms with Crippen LogP contribution < -0.4 is 24.8 Å². The van der Waals surface area contributed by atoms with E-state index in [-0.39, 0.29) is 0 Å². The molecule has 0 unspecified atom stereocenters. The second kappa shape index (κ2) is 8.87. The van der Waals surface area contributed by atoms with Crippen LogP contribution >= 0.6 is 0 Å². The van der Waals surface area contributed by atoms with Crippen LogP contribution in [0.2, 0.25) is 0 Å². The lowest BCUT2D eigenvalue weighted by atomic mass is 9.96. The number of hydrogen-bond acceptors (Lipinski definition) is 4. The van der Waals surface area contributed by atoms with Crippen LogP contribution in [0.15, 0.2) is 47.5 Å². The lowest BCUT2D eigenvalue weighted by molar-refractivity contribution is 0.324. The fourth-order valence-electron chi connectivity index (χ4n) is 3.36. The summed E-state index contributed by atoms with van der Waals surface area (Å²) in [5, 5.41) is 6.79. The molecule has 1 fully saturated rings. The van der Waals surface area contributed by atoms with Gasteiger partial charge in [-0.05, 0) is 30.2 Å². The Labute approximate surface area is 166 Å². The summed E-state index contributed by atoms with van der Waals surface area (Å²) < 4.78 is 16.2. The molecule has 0 radical (unpaired) electrons. The van der Waals surface area contributed by atoms with Crippen molar-refractivity contribution < 1.29 is 14.2 Å². The summed E-state index contributed by atoms with van der Waals surface area (Å²) >= 11 is 0. The predicted octanol–water partition coefficient (Wildman–Crippen LogP) is 3.72. The van der Waals surface area contributed by atoms with Gasteiger partial charge < -0.3 is 24.8 Å². The minimum atomic E-state index is 0.314. The van der Waals surface area contributed by atoms with Gasteiger partial charge in [-0.15, -0.1) is 0 Å². The first-order valence-corrected chi connectivity index (χ1v) is 9.44. The van der Waals surface area contributed by atoms with Gasteiger partial charge >= 0.3 is 0 Å². The molecule has 6 nitrogen and oxygen atoms in total. The van der Waals surface area contributed by atoms with Crippen LogP contribution in [0.5, 0.6) is 17.2 Å². The fraction of sp³-hybridized carbons (Fsp3) is 0.409. The molecule has 0 aromatic heterocycles. The summed E-state index contributed by atoms with van der Waals surface area (Å²) in [4.78, 5) is 4.36. The molecule has 0 amide bonds. The van der Waals surface area contributed by atoms with Crippen molar-refractivity contribution in [3.05, 3.63) is 48.0 Å². The lowest BCUT2D eigenvalue weighted by Gasteiger charge is -2.20. The first-order chi connectivity index (χ1) is 13.6. The van der Waals surface area contributed by atoms with Crippen molar-refractivity contribution >= 4 is 11.6 Å². The van der Waals surface area contributed by atoms with Crippen molar-refractivity contribution in [2.24, 2.45) is 10.4 Å². The van der Waals surface area contributed by atoms with E-state index in [9.17, 15) is 0 Å². The summed E-state index contributed by atoms with van der Waals surface area (Å²) in [7, 11) is 6.57. The minimum absolute atomic E-state index is 0.314. The molecule has 1 aliphatic rings. The van der Waals surface area contributed by atoms with Gasteiger partial charge in [0.1, 0.15) is 0 Å². The highest BCUT2D eigenvalue weighted by Gasteiger charge is 2.42. The zero-order chi connectivity index (χ0) is 20.0. The first-order valence-electron chi connectivity index (χ1n) is 9.44. The Hall–Kier alpha value is -2.89. The smallest absolute Gasteiger partial charge is 0.203 e. The van der Waals surface area contributed by atoms with Gasteiger partial charge in [-0.1, -0.05) is 30.3 Å². The monoisotopic (exact) mass is 383 g/mol. The zero-order valence-corrected chi connectivity index (χ0v) is 17.0. The largest absolute Gasteiger partial charge is 0.493 e. The van der Waals surface area contributed by atoms with E-state index in [0.29, 0.717) is 28.6 Å². The highest BCUT2D eigenvalue weighted by Crippen LogP contribution is 2.47. The number of anilines is 1. The average molecular weight is 383 g/mol. The van der Waals surface area contributed by atoms with Crippen molar-refractivity contribution in [3.8, 4) is 17.2 Å². The number of methoxy groups -OCH3 is 3. The Morgan fingerprint density at radius 2 is 1.64 bits per heavy atom. The van der Waals surface area contributed by atoms with Crippen molar-refractivity contribution in [2.75, 3.05) is 40.2 Å². The third-order valence-corrected chi connectivity index (χ3v) is 5.16. The number of ether oxygens (including phenoxy) is 3. The number of benzene rings is 2. The number of hydrogen-bond donors (Lipinski definition) is 2. The Kier molecular flexibility index (Phi) is 6.29. The van der Waals surface area contributed by atoms with Crippen LogP contribution in [0.3, 0.4) is 0 Å². The molecule has 0 saturated heterocycles. The number of guanidine groups is 1. The maximum atomic E-state index is 5.42. The fourth-order valence-corrected chi connectivity index (χ4v) is 3.36. The molecule has 0 atom stereocenters. The molecule has 0 aliphatic heterocycles. The highest BCUT2D eigenvalue weighted by molar-refractivity contribution is 5.94. The van der Waals surface area contributed by atoms with Crippen LogP contribution in [-0.4, -0.2) is 40.9 Å². The van der Waals surface area contributed by atoms with E-state index in [1.54, 1.807) is 28.4 Å². The molecule has 1 saturated carbocycles. The minimum Gasteiger partial charge on any atom is -0.493 e. The SMILES string of the molecule is CN=C(NCC1(Cc2ccccc2)CC1)Nc1cc(OC)c(OC)c(OC)c1. The van der Waals surface area contributed by atoms with E-state index in [1.807, 2.05) is 12.1 Å². The summed E-state index contributed by atoms with van der Waals surface area (Å²) in [5.74, 6) is 2.48. The third kappa shape index (κ3) is 4.68. The van der Waals surface area contributed by atoms with Crippen LogP contribution in [0, 0.1) is 5.41 Å². The second-order valence-corrected chi connectivity index (χ2v) is 7.13. The van der Waals surface area contributed by atoms with Gasteiger partial charge in [-0.25, -0.2) is 0 Å². The van der Waals surface area contributed by atoms with E-state index < -0.39 is 0 Å². The quantitative estimate of drug-likeness (QED) is 0.537. The Bertz CT molecular complexity index is 792. The number of nitrogens with zero attached hydrogens (tertiary/aromatic N) is 1. The molecule has 3 rings (SSSR count). The average Bonchev–Trinajstić information content (AvgIpc) is 3.50. The molecule has 2 N–H and O–H groups in total. The van der Waals surface area contributed by atoms with Crippen molar-refractivity contribution in [1.82, 2.24) is 5.32 Å². The van der Waals surface area contributed by atoms with Gasteiger partial charge in [0.15, 0.2) is 17.5 Å². The summed E-state index contributed by atoms with van der Waals surface area (Å²) in [6, 6.07) is 14.4. The van der Waals surface area contributed by atoms with Gasteiger partial charge in [-0.2, -0.15) is 0 Å². The van der Waals surface area contributed by atoms with E-state index in [2.05, 4.69) is 46.0 Å². The molecular formula is C22H29N3O3. The summed E-state index contributed by atoms with van der Waals surface area (Å²) in [6.07, 6.45) is 3.55. The molecule has 2 aromatic rings. The van der Waals surface area contributed by atoms with Gasteiger partial charge in [0, 0.05) is 31.4 Å². The molecule has 6 heteroatoms. The van der Waals surface area contributed by atoms with Gasteiger partial charge in [0.05, 0.1) is 21.3 Å². The standard InChI is InChI=1S/C22H29N3O3/c1-23-21(24-15-22(10-11-22)14-16-8-6-5-7-9-16)25-17-12-18(26-2)20(28-4)19(13-17)27-3/h5-9,12-13H,10-11,14-15H2,1-4H3,(H2,23,24,25). The van der Waals surface area contributed by atoms with E-state index in [1.165, 1.54) is 18.4 Å². The highest BCUT2D eigenvalue weighted by atomic mass is 16.5. The number of nitrogens with one attached hydrogen (secondary N) is 2. The van der Waals surface area contributed by atoms with Crippen LogP contribution in [0.4, 0.5) is 5.69 Å². The van der Waals surface area contributed by atoms with E-state index in [0.717, 1.165) is 18.7 Å². The molecule has 150 valence electrons. The topological polar surface area (TPSA) is 64.1 Å². The molecule has 0 bridgehead atoms. The van der Waals surface area contributed by atoms with Crippen molar-refractivity contribution in [2.45, 2.75) is 19.3 Å². The Balaban J connectivity index is 1.65. The molecule has 2 aromatic carbocycles. The number of rotatable bonds is 8. The summed E-state index contributed by atoms with van der Waals surface area (Å²) in [5.41, 5.74) is 2.51. The van der Waals surface area contributed by atoms with Crippen LogP contribution in [0.1, 0.15) is 18.4 Å². The lowest BCUT2D eigenvalue weighted by Crippen LogP contribution is -2.36. The van der Waals surface area contributed by atoms with E-state index >= 15 is 0 Å². The van der Waals surface area contributed by atoms with Crippen molar-refractivity contribution in [1.29, 1.82) is 0 Å². The predicted molar refractivity (Wildman–Crippen MR) is 113 cm³/mol. The maximum Gasteiger partial charge on any atom is 0.203 e. The maximum absolute atomic E-state index is 5.42. The normalized spacial score (nSPS) is 14.9. The van der Waals surface area contributed by atoms with Gasteiger partial charge in [-0.3, -0.25) is 4.99 Å². The van der Waals surface area contributed by atoms with Crippen molar-refractivity contribution in [3.63, 3.8) is 0 Å². The Morgan fingerprint density at radius 3 is 2.14 bits per heavy atom. The second-order valence-electron chi connectivity index (χ2n) is 7.13. The molecule has 0 spiro atoms. The molecule has 0 heterocycles. The van der Waals surface area contributed by atoms with Crippen LogP contribution in [0.25, 0.3) is 0 Å². The molecule has 1 aliphatic carbocycles. The third-order valence-electron chi connectivity index (χ3n) is 5.16. The van der Waals surface area contributed by atoms with E-state index in [4.69, 9.17) is 14.2 Å². The summed E-state index contributed by atoms with van der Waals surface area (Å²) in [6.45, 7) is 0.881.